The van der Waals surface area contributed by atoms with Crippen LogP contribution in [-0.4, -0.2) is 57.2 Å². The summed E-state index contributed by atoms with van der Waals surface area (Å²) < 4.78 is 32.2. The van der Waals surface area contributed by atoms with E-state index in [4.69, 9.17) is 4.74 Å². The number of nitrogens with zero attached hydrogens (tertiary/aromatic N) is 2. The molecule has 1 amide bonds. The number of hydrogen-bond acceptors (Lipinski definition) is 4. The summed E-state index contributed by atoms with van der Waals surface area (Å²) >= 11 is 0. The molecule has 1 heterocycles. The highest BCUT2D eigenvalue weighted by Gasteiger charge is 2.33. The Morgan fingerprint density at radius 1 is 1.32 bits per heavy atom. The van der Waals surface area contributed by atoms with E-state index in [2.05, 4.69) is 5.32 Å². The number of carbonyl (C=O) groups excluding carboxylic acids is 1. The lowest BCUT2D eigenvalue weighted by molar-refractivity contribution is -0.126. The standard InChI is InChI=1S/C17H27N3O4S/c1-13(14-7-9-16(24-4)10-8-14)18-17(21)15-6-5-11-20(12-15)25(22,23)19(2)3/h7-10,13,15H,5-6,11-12H2,1-4H3,(H,18,21). The maximum absolute atomic E-state index is 12.6. The first-order chi connectivity index (χ1) is 11.8. The van der Waals surface area contributed by atoms with E-state index in [1.54, 1.807) is 7.11 Å². The number of nitrogens with one attached hydrogen (secondary N) is 1. The molecule has 2 atom stereocenters. The first kappa shape index (κ1) is 19.7. The quantitative estimate of drug-likeness (QED) is 0.822. The number of methoxy groups -OCH3 is 1. The Morgan fingerprint density at radius 2 is 1.96 bits per heavy atom. The zero-order valence-corrected chi connectivity index (χ0v) is 16.0. The first-order valence-electron chi connectivity index (χ1n) is 8.37. The van der Waals surface area contributed by atoms with Crippen molar-refractivity contribution in [1.29, 1.82) is 0 Å². The fourth-order valence-corrected chi connectivity index (χ4v) is 4.09. The molecule has 0 spiro atoms. The number of amides is 1. The highest BCUT2D eigenvalue weighted by Crippen LogP contribution is 2.22. The molecule has 1 N–H and O–H groups in total. The Kier molecular flexibility index (Phi) is 6.42. The fraction of sp³-hybridized carbons (Fsp3) is 0.588. The summed E-state index contributed by atoms with van der Waals surface area (Å²) in [7, 11) is 1.14. The molecule has 1 saturated heterocycles. The summed E-state index contributed by atoms with van der Waals surface area (Å²) in [5.41, 5.74) is 0.975. The second-order valence-corrected chi connectivity index (χ2v) is 8.63. The molecule has 0 bridgehead atoms. The van der Waals surface area contributed by atoms with Gasteiger partial charge in [0.05, 0.1) is 19.1 Å². The van der Waals surface area contributed by atoms with E-state index in [0.29, 0.717) is 19.4 Å². The average molecular weight is 369 g/mol. The van der Waals surface area contributed by atoms with E-state index in [1.807, 2.05) is 31.2 Å². The molecule has 1 aromatic carbocycles. The van der Waals surface area contributed by atoms with Gasteiger partial charge in [0.15, 0.2) is 0 Å². The average Bonchev–Trinajstić information content (AvgIpc) is 2.61. The Hall–Kier alpha value is -1.64. The normalized spacial score (nSPS) is 20.3. The Morgan fingerprint density at radius 3 is 2.52 bits per heavy atom. The number of ether oxygens (including phenoxy) is 1. The third-order valence-corrected chi connectivity index (χ3v) is 6.42. The molecule has 8 heteroatoms. The summed E-state index contributed by atoms with van der Waals surface area (Å²) in [4.78, 5) is 12.6. The van der Waals surface area contributed by atoms with Crippen molar-refractivity contribution in [2.24, 2.45) is 5.92 Å². The minimum absolute atomic E-state index is 0.109. The zero-order chi connectivity index (χ0) is 18.6. The van der Waals surface area contributed by atoms with Crippen LogP contribution in [0.2, 0.25) is 0 Å². The SMILES string of the molecule is COc1ccc(C(C)NC(=O)C2CCCN(S(=O)(=O)N(C)C)C2)cc1. The minimum atomic E-state index is -3.48. The number of benzene rings is 1. The van der Waals surface area contributed by atoms with Gasteiger partial charge in [-0.3, -0.25) is 4.79 Å². The molecular formula is C17H27N3O4S. The van der Waals surface area contributed by atoms with Crippen LogP contribution < -0.4 is 10.1 Å². The van der Waals surface area contributed by atoms with Gasteiger partial charge in [-0.15, -0.1) is 0 Å². The highest BCUT2D eigenvalue weighted by molar-refractivity contribution is 7.86. The van der Waals surface area contributed by atoms with Crippen molar-refractivity contribution in [2.45, 2.75) is 25.8 Å². The lowest BCUT2D eigenvalue weighted by Gasteiger charge is -2.33. The van der Waals surface area contributed by atoms with Crippen molar-refractivity contribution in [1.82, 2.24) is 13.9 Å². The van der Waals surface area contributed by atoms with Crippen LogP contribution in [0, 0.1) is 5.92 Å². The number of piperidine rings is 1. The lowest BCUT2D eigenvalue weighted by atomic mass is 9.98. The molecule has 1 aliphatic heterocycles. The van der Waals surface area contributed by atoms with Gasteiger partial charge >= 0.3 is 0 Å². The van der Waals surface area contributed by atoms with E-state index in [-0.39, 0.29) is 24.4 Å². The molecule has 0 aromatic heterocycles. The molecule has 1 aliphatic rings. The first-order valence-corrected chi connectivity index (χ1v) is 9.77. The molecule has 0 aliphatic carbocycles. The van der Waals surface area contributed by atoms with Crippen molar-refractivity contribution in [2.75, 3.05) is 34.3 Å². The summed E-state index contributed by atoms with van der Waals surface area (Å²) in [6.45, 7) is 2.59. The van der Waals surface area contributed by atoms with E-state index >= 15 is 0 Å². The summed E-state index contributed by atoms with van der Waals surface area (Å²) in [5, 5.41) is 2.99. The molecule has 1 aromatic rings. The van der Waals surface area contributed by atoms with Crippen LogP contribution in [-0.2, 0) is 15.0 Å². The van der Waals surface area contributed by atoms with Crippen LogP contribution in [0.15, 0.2) is 24.3 Å². The van der Waals surface area contributed by atoms with Crippen molar-refractivity contribution in [3.8, 4) is 5.75 Å². The van der Waals surface area contributed by atoms with Crippen molar-refractivity contribution < 1.29 is 17.9 Å². The summed E-state index contributed by atoms with van der Waals surface area (Å²) in [5.74, 6) is 0.324. The van der Waals surface area contributed by atoms with Crippen LogP contribution >= 0.6 is 0 Å². The molecule has 2 rings (SSSR count). The van der Waals surface area contributed by atoms with Crippen LogP contribution in [0.25, 0.3) is 0 Å². The van der Waals surface area contributed by atoms with Gasteiger partial charge in [-0.05, 0) is 37.5 Å². The van der Waals surface area contributed by atoms with Crippen LogP contribution in [0.4, 0.5) is 0 Å². The van der Waals surface area contributed by atoms with Gasteiger partial charge in [0, 0.05) is 27.2 Å². The highest BCUT2D eigenvalue weighted by atomic mass is 32.2. The van der Waals surface area contributed by atoms with Crippen LogP contribution in [0.5, 0.6) is 5.75 Å². The smallest absolute Gasteiger partial charge is 0.281 e. The maximum Gasteiger partial charge on any atom is 0.281 e. The Balaban J connectivity index is 1.99. The van der Waals surface area contributed by atoms with Crippen LogP contribution in [0.3, 0.4) is 0 Å². The predicted octanol–water partition coefficient (Wildman–Crippen LogP) is 1.39. The summed E-state index contributed by atoms with van der Waals surface area (Å²) in [6.07, 6.45) is 1.38. The van der Waals surface area contributed by atoms with Gasteiger partial charge < -0.3 is 10.1 Å². The molecule has 0 radical (unpaired) electrons. The van der Waals surface area contributed by atoms with Gasteiger partial charge in [0.1, 0.15) is 5.75 Å². The molecule has 25 heavy (non-hydrogen) atoms. The Labute approximate surface area is 150 Å². The van der Waals surface area contributed by atoms with Crippen molar-refractivity contribution >= 4 is 16.1 Å². The van der Waals surface area contributed by atoms with E-state index in [0.717, 1.165) is 11.3 Å². The molecule has 0 saturated carbocycles. The second kappa shape index (κ2) is 8.16. The van der Waals surface area contributed by atoms with Crippen molar-refractivity contribution in [3.63, 3.8) is 0 Å². The predicted molar refractivity (Wildman–Crippen MR) is 96.5 cm³/mol. The minimum Gasteiger partial charge on any atom is -0.497 e. The summed E-state index contributed by atoms with van der Waals surface area (Å²) in [6, 6.07) is 7.37. The lowest BCUT2D eigenvalue weighted by Crippen LogP contribution is -2.49. The topological polar surface area (TPSA) is 79.0 Å². The molecule has 1 fully saturated rings. The monoisotopic (exact) mass is 369 g/mol. The van der Waals surface area contributed by atoms with E-state index in [1.165, 1.54) is 22.7 Å². The maximum atomic E-state index is 12.6. The molecule has 2 unspecified atom stereocenters. The number of carbonyl (C=O) groups is 1. The number of rotatable bonds is 6. The van der Waals surface area contributed by atoms with Gasteiger partial charge in [-0.1, -0.05) is 12.1 Å². The second-order valence-electron chi connectivity index (χ2n) is 6.49. The molecule has 7 nitrogen and oxygen atoms in total. The largest absolute Gasteiger partial charge is 0.497 e. The Bertz CT molecular complexity index is 688. The third-order valence-electron chi connectivity index (χ3n) is 4.52. The third kappa shape index (κ3) is 4.71. The molecule has 140 valence electrons. The van der Waals surface area contributed by atoms with Gasteiger partial charge in [-0.2, -0.15) is 17.0 Å². The fourth-order valence-electron chi connectivity index (χ4n) is 2.90. The van der Waals surface area contributed by atoms with E-state index < -0.39 is 10.2 Å². The van der Waals surface area contributed by atoms with E-state index in [9.17, 15) is 13.2 Å². The van der Waals surface area contributed by atoms with Crippen LogP contribution in [0.1, 0.15) is 31.4 Å². The zero-order valence-electron chi connectivity index (χ0n) is 15.2. The van der Waals surface area contributed by atoms with Gasteiger partial charge in [-0.25, -0.2) is 0 Å². The van der Waals surface area contributed by atoms with Gasteiger partial charge in [0.25, 0.3) is 10.2 Å². The molecular weight excluding hydrogens is 342 g/mol. The van der Waals surface area contributed by atoms with Gasteiger partial charge in [0.2, 0.25) is 5.91 Å². The van der Waals surface area contributed by atoms with Crippen molar-refractivity contribution in [3.05, 3.63) is 29.8 Å². The number of hydrogen-bond donors (Lipinski definition) is 1.